The van der Waals surface area contributed by atoms with E-state index in [1.54, 1.807) is 0 Å². The number of allylic oxidation sites excluding steroid dienone is 4. The second-order valence-corrected chi connectivity index (χ2v) is 4.57. The molecule has 0 heterocycles. The lowest BCUT2D eigenvalue weighted by atomic mass is 10.1. The van der Waals surface area contributed by atoms with Crippen LogP contribution in [0, 0.1) is 0 Å². The molecule has 1 rings (SSSR count). The van der Waals surface area contributed by atoms with E-state index in [2.05, 4.69) is 26.0 Å². The molecule has 0 aromatic rings. The van der Waals surface area contributed by atoms with Gasteiger partial charge in [-0.3, -0.25) is 4.79 Å². The second-order valence-electron chi connectivity index (χ2n) is 4.57. The number of hydrogen-bond acceptors (Lipinski definition) is 1. The van der Waals surface area contributed by atoms with Gasteiger partial charge in [0.25, 0.3) is 0 Å². The minimum atomic E-state index is 0.326. The summed E-state index contributed by atoms with van der Waals surface area (Å²) >= 11 is 0. The van der Waals surface area contributed by atoms with Crippen LogP contribution in [0.5, 0.6) is 0 Å². The fourth-order valence-corrected chi connectivity index (χ4v) is 2.05. The van der Waals surface area contributed by atoms with Gasteiger partial charge in [0.05, 0.1) is 0 Å². The standard InChI is InChI=1S/C15H24O/c1-3-5-7-9-13-11-12-14(15(13)16)10-8-6-4-2/h9-10H,3-8,11-12H2,1-2H3. The molecule has 0 N–H and O–H groups in total. The third-order valence-electron chi connectivity index (χ3n) is 3.14. The molecule has 0 spiro atoms. The molecule has 0 aromatic carbocycles. The van der Waals surface area contributed by atoms with Crippen molar-refractivity contribution < 1.29 is 4.79 Å². The van der Waals surface area contributed by atoms with Gasteiger partial charge in [0.15, 0.2) is 5.78 Å². The minimum Gasteiger partial charge on any atom is -0.289 e. The maximum atomic E-state index is 12.0. The van der Waals surface area contributed by atoms with E-state index in [9.17, 15) is 4.79 Å². The maximum Gasteiger partial charge on any atom is 0.184 e. The summed E-state index contributed by atoms with van der Waals surface area (Å²) < 4.78 is 0. The molecule has 0 aromatic heterocycles. The summed E-state index contributed by atoms with van der Waals surface area (Å²) in [5.41, 5.74) is 2.13. The zero-order valence-corrected chi connectivity index (χ0v) is 10.7. The van der Waals surface area contributed by atoms with Crippen LogP contribution in [0.3, 0.4) is 0 Å². The Morgan fingerprint density at radius 2 is 1.38 bits per heavy atom. The van der Waals surface area contributed by atoms with Crippen molar-refractivity contribution in [3.63, 3.8) is 0 Å². The van der Waals surface area contributed by atoms with Crippen LogP contribution >= 0.6 is 0 Å². The van der Waals surface area contributed by atoms with E-state index < -0.39 is 0 Å². The van der Waals surface area contributed by atoms with Crippen LogP contribution in [0.25, 0.3) is 0 Å². The molecule has 1 heteroatoms. The molecular formula is C15H24O. The number of hydrogen-bond donors (Lipinski definition) is 0. The first-order valence-corrected chi connectivity index (χ1v) is 6.72. The molecule has 1 saturated carbocycles. The molecule has 0 atom stereocenters. The molecule has 0 amide bonds. The Morgan fingerprint density at radius 1 is 0.938 bits per heavy atom. The number of Topliss-reactive ketones (excluding diaryl/α,β-unsaturated/α-hetero) is 1. The van der Waals surface area contributed by atoms with Crippen molar-refractivity contribution in [2.75, 3.05) is 0 Å². The average Bonchev–Trinajstić information content (AvgIpc) is 2.62. The van der Waals surface area contributed by atoms with Gasteiger partial charge in [-0.05, 0) is 36.8 Å². The molecule has 1 fully saturated rings. The smallest absolute Gasteiger partial charge is 0.184 e. The van der Waals surface area contributed by atoms with Crippen LogP contribution < -0.4 is 0 Å². The number of ketones is 1. The van der Waals surface area contributed by atoms with Crippen LogP contribution in [-0.4, -0.2) is 5.78 Å². The lowest BCUT2D eigenvalue weighted by Crippen LogP contribution is -1.95. The Morgan fingerprint density at radius 3 is 1.75 bits per heavy atom. The normalized spacial score (nSPS) is 21.2. The molecule has 90 valence electrons. The molecule has 1 nitrogen and oxygen atoms in total. The molecule has 0 radical (unpaired) electrons. The van der Waals surface area contributed by atoms with E-state index in [1.807, 2.05) is 0 Å². The summed E-state index contributed by atoms with van der Waals surface area (Å²) in [6, 6.07) is 0. The predicted octanol–water partition coefficient (Wildman–Crippen LogP) is 4.58. The van der Waals surface area contributed by atoms with Crippen molar-refractivity contribution in [3.8, 4) is 0 Å². The molecule has 0 saturated heterocycles. The van der Waals surface area contributed by atoms with Gasteiger partial charge in [0.1, 0.15) is 0 Å². The Bertz CT molecular complexity index is 256. The van der Waals surface area contributed by atoms with Crippen LogP contribution in [-0.2, 0) is 4.79 Å². The number of rotatable bonds is 6. The van der Waals surface area contributed by atoms with Crippen molar-refractivity contribution in [3.05, 3.63) is 23.3 Å². The molecule has 1 aliphatic carbocycles. The second kappa shape index (κ2) is 7.43. The first kappa shape index (κ1) is 13.2. The van der Waals surface area contributed by atoms with Crippen molar-refractivity contribution in [1.82, 2.24) is 0 Å². The quantitative estimate of drug-likeness (QED) is 0.473. The van der Waals surface area contributed by atoms with Crippen LogP contribution in [0.4, 0.5) is 0 Å². The highest BCUT2D eigenvalue weighted by Crippen LogP contribution is 2.27. The van der Waals surface area contributed by atoms with Gasteiger partial charge in [-0.25, -0.2) is 0 Å². The van der Waals surface area contributed by atoms with Crippen LogP contribution in [0.15, 0.2) is 23.3 Å². The number of unbranched alkanes of at least 4 members (excludes halogenated alkanes) is 4. The minimum absolute atomic E-state index is 0.326. The highest BCUT2D eigenvalue weighted by atomic mass is 16.1. The molecule has 0 bridgehead atoms. The van der Waals surface area contributed by atoms with E-state index in [-0.39, 0.29) is 0 Å². The average molecular weight is 220 g/mol. The van der Waals surface area contributed by atoms with E-state index in [0.29, 0.717) is 5.78 Å². The third-order valence-corrected chi connectivity index (χ3v) is 3.14. The summed E-state index contributed by atoms with van der Waals surface area (Å²) in [5.74, 6) is 0.326. The monoisotopic (exact) mass is 220 g/mol. The van der Waals surface area contributed by atoms with E-state index >= 15 is 0 Å². The van der Waals surface area contributed by atoms with Gasteiger partial charge in [-0.15, -0.1) is 0 Å². The zero-order chi connectivity index (χ0) is 11.8. The summed E-state index contributed by atoms with van der Waals surface area (Å²) in [6.07, 6.45) is 13.2. The highest BCUT2D eigenvalue weighted by Gasteiger charge is 2.21. The van der Waals surface area contributed by atoms with Gasteiger partial charge in [0.2, 0.25) is 0 Å². The zero-order valence-electron chi connectivity index (χ0n) is 10.7. The largest absolute Gasteiger partial charge is 0.289 e. The lowest BCUT2D eigenvalue weighted by molar-refractivity contribution is -0.111. The molecule has 1 aliphatic rings. The Kier molecular flexibility index (Phi) is 6.14. The number of carbonyl (C=O) groups excluding carboxylic acids is 1. The van der Waals surface area contributed by atoms with E-state index in [4.69, 9.17) is 0 Å². The fourth-order valence-electron chi connectivity index (χ4n) is 2.05. The van der Waals surface area contributed by atoms with Crippen molar-refractivity contribution in [2.45, 2.75) is 65.2 Å². The molecule has 16 heavy (non-hydrogen) atoms. The predicted molar refractivity (Wildman–Crippen MR) is 69.5 cm³/mol. The number of carbonyl (C=O) groups is 1. The lowest BCUT2D eigenvalue weighted by Gasteiger charge is -1.96. The first-order valence-electron chi connectivity index (χ1n) is 6.72. The van der Waals surface area contributed by atoms with Gasteiger partial charge in [-0.2, -0.15) is 0 Å². The van der Waals surface area contributed by atoms with Gasteiger partial charge < -0.3 is 0 Å². The Balaban J connectivity index is 2.47. The van der Waals surface area contributed by atoms with E-state index in [1.165, 1.54) is 25.7 Å². The van der Waals surface area contributed by atoms with Gasteiger partial charge in [-0.1, -0.05) is 51.7 Å². The van der Waals surface area contributed by atoms with Gasteiger partial charge in [0, 0.05) is 0 Å². The topological polar surface area (TPSA) is 17.1 Å². The van der Waals surface area contributed by atoms with Gasteiger partial charge >= 0.3 is 0 Å². The third kappa shape index (κ3) is 3.96. The molecule has 0 unspecified atom stereocenters. The van der Waals surface area contributed by atoms with Crippen LogP contribution in [0.2, 0.25) is 0 Å². The summed E-state index contributed by atoms with van der Waals surface area (Å²) in [7, 11) is 0. The molecule has 0 aliphatic heterocycles. The summed E-state index contributed by atoms with van der Waals surface area (Å²) in [6.45, 7) is 4.37. The van der Waals surface area contributed by atoms with E-state index in [0.717, 1.165) is 36.8 Å². The SMILES string of the molecule is CCCCC=C1CCC(=CCCCC)C1=O. The summed E-state index contributed by atoms with van der Waals surface area (Å²) in [4.78, 5) is 12.0. The Hall–Kier alpha value is -0.850. The summed E-state index contributed by atoms with van der Waals surface area (Å²) in [5, 5.41) is 0. The van der Waals surface area contributed by atoms with Crippen molar-refractivity contribution >= 4 is 5.78 Å². The fraction of sp³-hybridized carbons (Fsp3) is 0.667. The van der Waals surface area contributed by atoms with Crippen molar-refractivity contribution in [1.29, 1.82) is 0 Å². The van der Waals surface area contributed by atoms with Crippen LogP contribution in [0.1, 0.15) is 65.2 Å². The first-order chi connectivity index (χ1) is 7.79. The van der Waals surface area contributed by atoms with Crippen molar-refractivity contribution in [2.24, 2.45) is 0 Å². The maximum absolute atomic E-state index is 12.0. The Labute approximate surface area is 99.6 Å². The highest BCUT2D eigenvalue weighted by molar-refractivity contribution is 6.10. The molecular weight excluding hydrogens is 196 g/mol.